The van der Waals surface area contributed by atoms with Crippen molar-refractivity contribution in [1.29, 1.82) is 0 Å². The average Bonchev–Trinajstić information content (AvgIpc) is 2.77. The van der Waals surface area contributed by atoms with Crippen LogP contribution in [-0.2, 0) is 0 Å². The zero-order valence-corrected chi connectivity index (χ0v) is 16.0. The number of benzene rings is 1. The van der Waals surface area contributed by atoms with Crippen LogP contribution < -0.4 is 14.8 Å². The van der Waals surface area contributed by atoms with E-state index < -0.39 is 0 Å². The number of aromatic nitrogens is 1. The van der Waals surface area contributed by atoms with Gasteiger partial charge in [0, 0.05) is 24.8 Å². The van der Waals surface area contributed by atoms with Gasteiger partial charge >= 0.3 is 0 Å². The van der Waals surface area contributed by atoms with Crippen LogP contribution in [0, 0.1) is 0 Å². The van der Waals surface area contributed by atoms with Gasteiger partial charge in [-0.15, -0.1) is 0 Å². The smallest absolute Gasteiger partial charge is 0.272 e. The first-order valence-electron chi connectivity index (χ1n) is 9.48. The third-order valence-electron chi connectivity index (χ3n) is 4.60. The first kappa shape index (κ1) is 19.7. The second-order valence-corrected chi connectivity index (χ2v) is 6.56. The first-order chi connectivity index (χ1) is 13.7. The highest BCUT2D eigenvalue weighted by Crippen LogP contribution is 2.16. The monoisotopic (exact) mass is 383 g/mol. The molecule has 1 aliphatic heterocycles. The summed E-state index contributed by atoms with van der Waals surface area (Å²) in [5.74, 6) is 1.09. The number of rotatable bonds is 7. The number of carbonyl (C=O) groups excluding carboxylic acids is 2. The molecular weight excluding hydrogens is 358 g/mol. The molecule has 0 saturated carbocycles. The molecule has 28 heavy (non-hydrogen) atoms. The molecule has 0 unspecified atom stereocenters. The lowest BCUT2D eigenvalue weighted by Crippen LogP contribution is -2.36. The predicted molar refractivity (Wildman–Crippen MR) is 105 cm³/mol. The molecule has 0 aliphatic carbocycles. The third-order valence-corrected chi connectivity index (χ3v) is 4.60. The molecule has 3 rings (SSSR count). The number of methoxy groups -OCH3 is 1. The second-order valence-electron chi connectivity index (χ2n) is 6.56. The normalized spacial score (nSPS) is 13.7. The van der Waals surface area contributed by atoms with Crippen LogP contribution >= 0.6 is 0 Å². The zero-order valence-electron chi connectivity index (χ0n) is 16.0. The molecule has 1 N–H and O–H groups in total. The first-order valence-corrected chi connectivity index (χ1v) is 9.48. The van der Waals surface area contributed by atoms with Gasteiger partial charge in [0.25, 0.3) is 11.8 Å². The van der Waals surface area contributed by atoms with Crippen molar-refractivity contribution in [2.24, 2.45) is 0 Å². The lowest BCUT2D eigenvalue weighted by molar-refractivity contribution is 0.0718. The van der Waals surface area contributed by atoms with E-state index in [0.29, 0.717) is 30.2 Å². The SMILES string of the molecule is COc1ccc(OCCNC(=O)c2ccnc(C(=O)N3CCCCC3)c2)cc1. The van der Waals surface area contributed by atoms with E-state index in [1.165, 1.54) is 6.20 Å². The van der Waals surface area contributed by atoms with Crippen molar-refractivity contribution in [2.45, 2.75) is 19.3 Å². The van der Waals surface area contributed by atoms with Crippen LogP contribution in [0.3, 0.4) is 0 Å². The number of hydrogen-bond acceptors (Lipinski definition) is 5. The predicted octanol–water partition coefficient (Wildman–Crippen LogP) is 2.53. The maximum absolute atomic E-state index is 12.5. The summed E-state index contributed by atoms with van der Waals surface area (Å²) in [6.45, 7) is 2.19. The maximum atomic E-state index is 12.5. The Morgan fingerprint density at radius 2 is 1.79 bits per heavy atom. The molecule has 0 bridgehead atoms. The van der Waals surface area contributed by atoms with Crippen LogP contribution in [0.25, 0.3) is 0 Å². The molecule has 2 amide bonds. The Morgan fingerprint density at radius 1 is 1.07 bits per heavy atom. The van der Waals surface area contributed by atoms with Gasteiger partial charge in [-0.1, -0.05) is 0 Å². The summed E-state index contributed by atoms with van der Waals surface area (Å²) in [5.41, 5.74) is 0.726. The number of amides is 2. The second kappa shape index (κ2) is 9.73. The maximum Gasteiger partial charge on any atom is 0.272 e. The summed E-state index contributed by atoms with van der Waals surface area (Å²) in [6, 6.07) is 10.4. The summed E-state index contributed by atoms with van der Waals surface area (Å²) in [6.07, 6.45) is 4.68. The molecule has 0 spiro atoms. The Morgan fingerprint density at radius 3 is 2.50 bits per heavy atom. The quantitative estimate of drug-likeness (QED) is 0.743. The van der Waals surface area contributed by atoms with Gasteiger partial charge in [-0.3, -0.25) is 14.6 Å². The van der Waals surface area contributed by atoms with Gasteiger partial charge in [-0.05, 0) is 55.7 Å². The van der Waals surface area contributed by atoms with Gasteiger partial charge < -0.3 is 19.7 Å². The van der Waals surface area contributed by atoms with E-state index in [0.717, 1.165) is 38.1 Å². The zero-order chi connectivity index (χ0) is 19.8. The fourth-order valence-electron chi connectivity index (χ4n) is 3.06. The van der Waals surface area contributed by atoms with Crippen molar-refractivity contribution in [1.82, 2.24) is 15.2 Å². The van der Waals surface area contributed by atoms with E-state index in [1.807, 2.05) is 24.3 Å². The van der Waals surface area contributed by atoms with E-state index in [9.17, 15) is 9.59 Å². The van der Waals surface area contributed by atoms with Gasteiger partial charge in [0.15, 0.2) is 0 Å². The van der Waals surface area contributed by atoms with Crippen LogP contribution in [-0.4, -0.2) is 55.0 Å². The molecule has 0 radical (unpaired) electrons. The summed E-state index contributed by atoms with van der Waals surface area (Å²) >= 11 is 0. The molecule has 2 aromatic rings. The van der Waals surface area contributed by atoms with Crippen LogP contribution in [0.15, 0.2) is 42.6 Å². The molecule has 1 aliphatic rings. The fraction of sp³-hybridized carbons (Fsp3) is 0.381. The summed E-state index contributed by atoms with van der Waals surface area (Å²) in [5, 5.41) is 2.80. The minimum absolute atomic E-state index is 0.114. The van der Waals surface area contributed by atoms with Crippen LogP contribution in [0.4, 0.5) is 0 Å². The van der Waals surface area contributed by atoms with E-state index in [-0.39, 0.29) is 11.8 Å². The van der Waals surface area contributed by atoms with E-state index in [1.54, 1.807) is 24.1 Å². The Kier molecular flexibility index (Phi) is 6.84. The number of carbonyl (C=O) groups is 2. The number of hydrogen-bond donors (Lipinski definition) is 1. The van der Waals surface area contributed by atoms with Crippen molar-refractivity contribution in [2.75, 3.05) is 33.4 Å². The van der Waals surface area contributed by atoms with E-state index in [2.05, 4.69) is 10.3 Å². The fourth-order valence-corrected chi connectivity index (χ4v) is 3.06. The molecule has 7 nitrogen and oxygen atoms in total. The van der Waals surface area contributed by atoms with Gasteiger partial charge in [-0.25, -0.2) is 0 Å². The lowest BCUT2D eigenvalue weighted by Gasteiger charge is -2.26. The van der Waals surface area contributed by atoms with E-state index >= 15 is 0 Å². The number of likely N-dealkylation sites (tertiary alicyclic amines) is 1. The standard InChI is InChI=1S/C21H25N3O4/c1-27-17-5-7-18(8-6-17)28-14-11-23-20(25)16-9-10-22-19(15-16)21(26)24-12-3-2-4-13-24/h5-10,15H,2-4,11-14H2,1H3,(H,23,25). The van der Waals surface area contributed by atoms with Gasteiger partial charge in [-0.2, -0.15) is 0 Å². The number of ether oxygens (including phenoxy) is 2. The van der Waals surface area contributed by atoms with Crippen molar-refractivity contribution in [3.8, 4) is 11.5 Å². The molecule has 7 heteroatoms. The molecule has 2 heterocycles. The highest BCUT2D eigenvalue weighted by atomic mass is 16.5. The molecule has 1 aromatic heterocycles. The minimum Gasteiger partial charge on any atom is -0.497 e. The van der Waals surface area contributed by atoms with Crippen molar-refractivity contribution in [3.63, 3.8) is 0 Å². The largest absolute Gasteiger partial charge is 0.497 e. The van der Waals surface area contributed by atoms with E-state index in [4.69, 9.17) is 9.47 Å². The molecule has 0 atom stereocenters. The summed E-state index contributed by atoms with van der Waals surface area (Å²) < 4.78 is 10.7. The van der Waals surface area contributed by atoms with Crippen molar-refractivity contribution >= 4 is 11.8 Å². The Labute approximate surface area is 164 Å². The van der Waals surface area contributed by atoms with Crippen molar-refractivity contribution in [3.05, 3.63) is 53.9 Å². The van der Waals surface area contributed by atoms with Crippen LogP contribution in [0.1, 0.15) is 40.1 Å². The van der Waals surface area contributed by atoms with Crippen LogP contribution in [0.2, 0.25) is 0 Å². The minimum atomic E-state index is -0.256. The molecule has 1 fully saturated rings. The molecular formula is C21H25N3O4. The number of nitrogens with one attached hydrogen (secondary N) is 1. The third kappa shape index (κ3) is 5.22. The van der Waals surface area contributed by atoms with Gasteiger partial charge in [0.1, 0.15) is 23.8 Å². The van der Waals surface area contributed by atoms with Crippen LogP contribution in [0.5, 0.6) is 11.5 Å². The molecule has 1 saturated heterocycles. The Hall–Kier alpha value is -3.09. The van der Waals surface area contributed by atoms with Crippen molar-refractivity contribution < 1.29 is 19.1 Å². The highest BCUT2D eigenvalue weighted by Gasteiger charge is 2.20. The topological polar surface area (TPSA) is 80.8 Å². The molecule has 148 valence electrons. The summed E-state index contributed by atoms with van der Waals surface area (Å²) in [7, 11) is 1.61. The number of nitrogens with zero attached hydrogens (tertiary/aromatic N) is 2. The molecule has 1 aromatic carbocycles. The summed E-state index contributed by atoms with van der Waals surface area (Å²) in [4.78, 5) is 30.8. The Balaban J connectivity index is 1.49. The van der Waals surface area contributed by atoms with Gasteiger partial charge in [0.05, 0.1) is 13.7 Å². The average molecular weight is 383 g/mol. The van der Waals surface area contributed by atoms with Gasteiger partial charge in [0.2, 0.25) is 0 Å². The lowest BCUT2D eigenvalue weighted by atomic mass is 10.1. The highest BCUT2D eigenvalue weighted by molar-refractivity contribution is 5.98. The number of piperidine rings is 1. The Bertz CT molecular complexity index is 802. The number of pyridine rings is 1.